The van der Waals surface area contributed by atoms with Crippen molar-refractivity contribution >= 4 is 40.6 Å². The van der Waals surface area contributed by atoms with Crippen molar-refractivity contribution in [3.8, 4) is 0 Å². The summed E-state index contributed by atoms with van der Waals surface area (Å²) in [4.78, 5) is 27.9. The van der Waals surface area contributed by atoms with Gasteiger partial charge in [-0.3, -0.25) is 9.59 Å². The molecule has 0 aromatic heterocycles. The van der Waals surface area contributed by atoms with Gasteiger partial charge in [-0.2, -0.15) is 0 Å². The SMILES string of the molecule is CC(C)c1ccc(C(=O)C[C@@]2(O)C(=O)N(Cc3ccc(Cl)c(Cl)c3)c3ccccc32)cc1. The fraction of sp³-hybridized carbons (Fsp3) is 0.231. The van der Waals surface area contributed by atoms with E-state index in [-0.39, 0.29) is 18.7 Å². The van der Waals surface area contributed by atoms with Crippen LogP contribution < -0.4 is 4.90 Å². The number of Topliss-reactive ketones (excluding diaryl/α,β-unsaturated/α-hetero) is 1. The second kappa shape index (κ2) is 8.70. The first-order chi connectivity index (χ1) is 15.2. The summed E-state index contributed by atoms with van der Waals surface area (Å²) in [7, 11) is 0. The summed E-state index contributed by atoms with van der Waals surface area (Å²) >= 11 is 12.1. The van der Waals surface area contributed by atoms with Gasteiger partial charge in [-0.25, -0.2) is 0 Å². The molecule has 1 aliphatic rings. The highest BCUT2D eigenvalue weighted by molar-refractivity contribution is 6.42. The maximum Gasteiger partial charge on any atom is 0.264 e. The number of hydrogen-bond acceptors (Lipinski definition) is 3. The van der Waals surface area contributed by atoms with E-state index in [0.29, 0.717) is 32.8 Å². The van der Waals surface area contributed by atoms with Crippen molar-refractivity contribution in [1.29, 1.82) is 0 Å². The second-order valence-electron chi connectivity index (χ2n) is 8.39. The van der Waals surface area contributed by atoms with Gasteiger partial charge in [0.2, 0.25) is 0 Å². The van der Waals surface area contributed by atoms with Gasteiger partial charge in [0.15, 0.2) is 11.4 Å². The Balaban J connectivity index is 1.64. The number of rotatable bonds is 6. The lowest BCUT2D eigenvalue weighted by molar-refractivity contribution is -0.136. The quantitative estimate of drug-likeness (QED) is 0.443. The largest absolute Gasteiger partial charge is 0.375 e. The van der Waals surface area contributed by atoms with E-state index in [4.69, 9.17) is 23.2 Å². The van der Waals surface area contributed by atoms with E-state index >= 15 is 0 Å². The van der Waals surface area contributed by atoms with Crippen LogP contribution in [-0.2, 0) is 16.9 Å². The third-order valence-corrected chi connectivity index (χ3v) is 6.62. The lowest BCUT2D eigenvalue weighted by Crippen LogP contribution is -2.41. The molecule has 0 fully saturated rings. The van der Waals surface area contributed by atoms with Gasteiger partial charge in [-0.15, -0.1) is 0 Å². The van der Waals surface area contributed by atoms with Crippen molar-refractivity contribution < 1.29 is 14.7 Å². The molecule has 4 rings (SSSR count). The van der Waals surface area contributed by atoms with E-state index in [1.165, 1.54) is 4.90 Å². The minimum atomic E-state index is -1.93. The molecule has 0 radical (unpaired) electrons. The van der Waals surface area contributed by atoms with Gasteiger partial charge in [0.05, 0.1) is 28.7 Å². The van der Waals surface area contributed by atoms with Crippen molar-refractivity contribution in [2.75, 3.05) is 4.90 Å². The first kappa shape index (κ1) is 22.5. The number of nitrogens with zero attached hydrogens (tertiary/aromatic N) is 1. The zero-order valence-electron chi connectivity index (χ0n) is 17.8. The zero-order chi connectivity index (χ0) is 23.0. The summed E-state index contributed by atoms with van der Waals surface area (Å²) in [5.74, 6) is -0.471. The van der Waals surface area contributed by atoms with Gasteiger partial charge >= 0.3 is 0 Å². The van der Waals surface area contributed by atoms with Crippen LogP contribution in [0.4, 0.5) is 5.69 Å². The molecule has 1 atom stereocenters. The van der Waals surface area contributed by atoms with Crippen LogP contribution in [0.25, 0.3) is 0 Å². The average molecular weight is 468 g/mol. The van der Waals surface area contributed by atoms with Crippen LogP contribution in [0.15, 0.2) is 66.7 Å². The van der Waals surface area contributed by atoms with Crippen molar-refractivity contribution in [2.45, 2.75) is 38.3 Å². The van der Waals surface area contributed by atoms with Gasteiger partial charge in [0, 0.05) is 11.1 Å². The lowest BCUT2D eigenvalue weighted by atomic mass is 9.87. The van der Waals surface area contributed by atoms with Gasteiger partial charge in [0.1, 0.15) is 0 Å². The Hall–Kier alpha value is -2.66. The molecular weight excluding hydrogens is 445 g/mol. The minimum Gasteiger partial charge on any atom is -0.375 e. The molecular formula is C26H23Cl2NO3. The Morgan fingerprint density at radius 1 is 1.00 bits per heavy atom. The molecule has 32 heavy (non-hydrogen) atoms. The van der Waals surface area contributed by atoms with Gasteiger partial charge in [0.25, 0.3) is 5.91 Å². The fourth-order valence-electron chi connectivity index (χ4n) is 4.04. The highest BCUT2D eigenvalue weighted by Crippen LogP contribution is 2.43. The number of carbonyl (C=O) groups excluding carboxylic acids is 2. The number of carbonyl (C=O) groups is 2. The van der Waals surface area contributed by atoms with Crippen LogP contribution in [0.1, 0.15) is 53.2 Å². The van der Waals surface area contributed by atoms with E-state index in [2.05, 4.69) is 13.8 Å². The Bertz CT molecular complexity index is 1190. The summed E-state index contributed by atoms with van der Waals surface area (Å²) in [5.41, 5.74) is 1.43. The number of amides is 1. The lowest BCUT2D eigenvalue weighted by Gasteiger charge is -2.23. The molecule has 164 valence electrons. The second-order valence-corrected chi connectivity index (χ2v) is 9.21. The molecule has 1 amide bonds. The normalized spacial score (nSPS) is 17.7. The minimum absolute atomic E-state index is 0.201. The smallest absolute Gasteiger partial charge is 0.264 e. The monoisotopic (exact) mass is 467 g/mol. The summed E-state index contributed by atoms with van der Waals surface area (Å²) in [6.07, 6.45) is -0.332. The molecule has 0 unspecified atom stereocenters. The predicted octanol–water partition coefficient (Wildman–Crippen LogP) is 6.12. The maximum atomic E-state index is 13.4. The standard InChI is InChI=1S/C26H23Cl2NO3/c1-16(2)18-8-10-19(11-9-18)24(30)14-26(32)20-5-3-4-6-23(20)29(25(26)31)15-17-7-12-21(27)22(28)13-17/h3-13,16,32H,14-15H2,1-2H3/t26-/m0/s1. The molecule has 0 aliphatic carbocycles. The molecule has 6 heteroatoms. The van der Waals surface area contributed by atoms with Gasteiger partial charge in [-0.05, 0) is 35.2 Å². The van der Waals surface area contributed by atoms with E-state index in [1.54, 1.807) is 54.6 Å². The number of halogens is 2. The van der Waals surface area contributed by atoms with Crippen molar-refractivity contribution in [2.24, 2.45) is 0 Å². The maximum absolute atomic E-state index is 13.4. The molecule has 4 nitrogen and oxygen atoms in total. The highest BCUT2D eigenvalue weighted by atomic mass is 35.5. The number of anilines is 1. The van der Waals surface area contributed by atoms with E-state index < -0.39 is 11.5 Å². The fourth-order valence-corrected chi connectivity index (χ4v) is 4.36. The van der Waals surface area contributed by atoms with Crippen LogP contribution in [0.5, 0.6) is 0 Å². The number of fused-ring (bicyclic) bond motifs is 1. The molecule has 0 spiro atoms. The summed E-state index contributed by atoms with van der Waals surface area (Å²) < 4.78 is 0. The zero-order valence-corrected chi connectivity index (χ0v) is 19.3. The molecule has 0 bridgehead atoms. The number of para-hydroxylation sites is 1. The van der Waals surface area contributed by atoms with Crippen molar-refractivity contribution in [1.82, 2.24) is 0 Å². The van der Waals surface area contributed by atoms with E-state index in [9.17, 15) is 14.7 Å². The molecule has 0 saturated heterocycles. The van der Waals surface area contributed by atoms with Crippen LogP contribution in [0.3, 0.4) is 0 Å². The molecule has 1 heterocycles. The summed E-state index contributed by atoms with van der Waals surface area (Å²) in [6, 6.07) is 19.5. The Morgan fingerprint density at radius 2 is 1.69 bits per heavy atom. The summed E-state index contributed by atoms with van der Waals surface area (Å²) in [5, 5.41) is 12.3. The van der Waals surface area contributed by atoms with Gasteiger partial charge < -0.3 is 10.0 Å². The highest BCUT2D eigenvalue weighted by Gasteiger charge is 2.50. The Morgan fingerprint density at radius 3 is 2.34 bits per heavy atom. The average Bonchev–Trinajstić information content (AvgIpc) is 2.98. The summed E-state index contributed by atoms with van der Waals surface area (Å²) in [6.45, 7) is 4.36. The first-order valence-electron chi connectivity index (χ1n) is 10.4. The molecule has 3 aromatic carbocycles. The number of hydrogen-bond donors (Lipinski definition) is 1. The van der Waals surface area contributed by atoms with Crippen LogP contribution in [0, 0.1) is 0 Å². The third kappa shape index (κ3) is 4.06. The van der Waals surface area contributed by atoms with Gasteiger partial charge in [-0.1, -0.05) is 85.6 Å². The van der Waals surface area contributed by atoms with Crippen LogP contribution in [-0.4, -0.2) is 16.8 Å². The topological polar surface area (TPSA) is 57.6 Å². The Labute approximate surface area is 197 Å². The number of aliphatic hydroxyl groups is 1. The number of benzene rings is 3. The predicted molar refractivity (Wildman–Crippen MR) is 127 cm³/mol. The first-order valence-corrected chi connectivity index (χ1v) is 11.2. The molecule has 1 N–H and O–H groups in total. The third-order valence-electron chi connectivity index (χ3n) is 5.88. The van der Waals surface area contributed by atoms with Crippen LogP contribution >= 0.6 is 23.2 Å². The van der Waals surface area contributed by atoms with Crippen molar-refractivity contribution in [3.05, 3.63) is 99.0 Å². The van der Waals surface area contributed by atoms with Crippen molar-refractivity contribution in [3.63, 3.8) is 0 Å². The molecule has 3 aromatic rings. The molecule has 1 aliphatic heterocycles. The van der Waals surface area contributed by atoms with Crippen LogP contribution in [0.2, 0.25) is 10.0 Å². The molecule has 0 saturated carbocycles. The van der Waals surface area contributed by atoms with E-state index in [1.807, 2.05) is 12.1 Å². The Kier molecular flexibility index (Phi) is 6.13. The van der Waals surface area contributed by atoms with E-state index in [0.717, 1.165) is 11.1 Å². The number of ketones is 1.